The Hall–Kier alpha value is -0.650. The van der Waals surface area contributed by atoms with Gasteiger partial charge in [-0.25, -0.2) is 4.79 Å². The van der Waals surface area contributed by atoms with E-state index in [0.29, 0.717) is 6.54 Å². The molecule has 0 heterocycles. The first-order chi connectivity index (χ1) is 6.63. The fraction of sp³-hybridized carbons (Fsp3) is 0.750. The number of ketones is 1. The second-order valence-corrected chi connectivity index (χ2v) is 2.86. The zero-order valence-corrected chi connectivity index (χ0v) is 8.75. The molecule has 14 heavy (non-hydrogen) atoms. The third kappa shape index (κ3) is 5.16. The average molecular weight is 224 g/mol. The van der Waals surface area contributed by atoms with Gasteiger partial charge >= 0.3 is 5.97 Å². The Kier molecular flexibility index (Phi) is 7.37. The van der Waals surface area contributed by atoms with E-state index in [2.05, 4.69) is 4.74 Å². The summed E-state index contributed by atoms with van der Waals surface area (Å²) in [7, 11) is 0. The summed E-state index contributed by atoms with van der Waals surface area (Å²) in [5, 5.41) is -1.28. The van der Waals surface area contributed by atoms with E-state index in [9.17, 15) is 9.59 Å². The predicted octanol–water partition coefficient (Wildman–Crippen LogP) is -0.299. The molecule has 6 heteroatoms. The molecule has 0 amide bonds. The molecular formula is C8H14ClNO4. The van der Waals surface area contributed by atoms with Crippen molar-refractivity contribution in [1.29, 1.82) is 0 Å². The first-order valence-electron chi connectivity index (χ1n) is 4.24. The van der Waals surface area contributed by atoms with Gasteiger partial charge in [-0.3, -0.25) is 4.79 Å². The summed E-state index contributed by atoms with van der Waals surface area (Å²) in [4.78, 5) is 22.1. The van der Waals surface area contributed by atoms with Gasteiger partial charge in [-0.15, -0.1) is 11.6 Å². The Bertz CT molecular complexity index is 198. The highest BCUT2D eigenvalue weighted by Crippen LogP contribution is 2.01. The molecule has 0 spiro atoms. The van der Waals surface area contributed by atoms with Gasteiger partial charge in [-0.05, 0) is 6.92 Å². The van der Waals surface area contributed by atoms with Gasteiger partial charge in [0.1, 0.15) is 6.61 Å². The van der Waals surface area contributed by atoms with Gasteiger partial charge in [0.15, 0.2) is 11.2 Å². The van der Waals surface area contributed by atoms with Crippen LogP contribution in [0.5, 0.6) is 0 Å². The van der Waals surface area contributed by atoms with Crippen LogP contribution in [-0.2, 0) is 19.1 Å². The molecule has 1 atom stereocenters. The van der Waals surface area contributed by atoms with E-state index in [4.69, 9.17) is 22.1 Å². The molecule has 0 aromatic carbocycles. The van der Waals surface area contributed by atoms with Crippen LogP contribution in [-0.4, -0.2) is 43.5 Å². The average Bonchev–Trinajstić information content (AvgIpc) is 2.17. The topological polar surface area (TPSA) is 78.6 Å². The first-order valence-corrected chi connectivity index (χ1v) is 4.68. The van der Waals surface area contributed by atoms with Crippen LogP contribution < -0.4 is 5.73 Å². The van der Waals surface area contributed by atoms with Crippen molar-refractivity contribution in [2.75, 3.05) is 26.4 Å². The van der Waals surface area contributed by atoms with Crippen LogP contribution in [0.2, 0.25) is 0 Å². The van der Waals surface area contributed by atoms with Gasteiger partial charge in [-0.1, -0.05) is 0 Å². The van der Waals surface area contributed by atoms with Gasteiger partial charge in [-0.2, -0.15) is 0 Å². The maximum absolute atomic E-state index is 11.1. The molecule has 0 radical (unpaired) electrons. The largest absolute Gasteiger partial charge is 0.465 e. The minimum atomic E-state index is -1.28. The molecule has 0 bridgehead atoms. The van der Waals surface area contributed by atoms with Crippen molar-refractivity contribution < 1.29 is 19.1 Å². The molecule has 5 nitrogen and oxygen atoms in total. The van der Waals surface area contributed by atoms with Crippen molar-refractivity contribution in [1.82, 2.24) is 0 Å². The lowest BCUT2D eigenvalue weighted by Crippen LogP contribution is -2.30. The quantitative estimate of drug-likeness (QED) is 0.278. The van der Waals surface area contributed by atoms with Gasteiger partial charge in [0.25, 0.3) is 0 Å². The number of rotatable bonds is 7. The van der Waals surface area contributed by atoms with E-state index in [0.717, 1.165) is 0 Å². The van der Waals surface area contributed by atoms with Crippen molar-refractivity contribution in [2.45, 2.75) is 12.3 Å². The summed E-state index contributed by atoms with van der Waals surface area (Å²) in [5.74, 6) is -1.26. The van der Waals surface area contributed by atoms with E-state index in [1.54, 1.807) is 6.92 Å². The number of carbonyl (C=O) groups excluding carboxylic acids is 2. The molecule has 0 fully saturated rings. The minimum absolute atomic E-state index is 0.193. The molecule has 0 saturated carbocycles. The Morgan fingerprint density at radius 2 is 2.14 bits per heavy atom. The Morgan fingerprint density at radius 3 is 2.64 bits per heavy atom. The highest BCUT2D eigenvalue weighted by atomic mass is 35.5. The van der Waals surface area contributed by atoms with Gasteiger partial charge in [0.05, 0.1) is 13.2 Å². The lowest BCUT2D eigenvalue weighted by Gasteiger charge is -2.07. The number of esters is 1. The molecular weight excluding hydrogens is 210 g/mol. The van der Waals surface area contributed by atoms with Crippen molar-refractivity contribution in [2.24, 2.45) is 5.73 Å². The van der Waals surface area contributed by atoms with E-state index < -0.39 is 17.1 Å². The van der Waals surface area contributed by atoms with Gasteiger partial charge < -0.3 is 15.2 Å². The summed E-state index contributed by atoms with van der Waals surface area (Å²) < 4.78 is 9.39. The molecule has 1 unspecified atom stereocenters. The number of Topliss-reactive ketones (excluding diaryl/α,β-unsaturated/α-hetero) is 1. The smallest absolute Gasteiger partial charge is 0.331 e. The minimum Gasteiger partial charge on any atom is -0.465 e. The third-order valence-electron chi connectivity index (χ3n) is 1.28. The molecule has 0 aliphatic heterocycles. The maximum atomic E-state index is 11.1. The molecule has 0 aliphatic rings. The number of ether oxygens (including phenoxy) is 2. The van der Waals surface area contributed by atoms with Crippen molar-refractivity contribution in [3.63, 3.8) is 0 Å². The van der Waals surface area contributed by atoms with E-state index >= 15 is 0 Å². The van der Waals surface area contributed by atoms with Crippen LogP contribution in [0.1, 0.15) is 6.92 Å². The van der Waals surface area contributed by atoms with Crippen molar-refractivity contribution in [3.8, 4) is 0 Å². The fourth-order valence-electron chi connectivity index (χ4n) is 0.676. The van der Waals surface area contributed by atoms with E-state index in [1.165, 1.54) is 0 Å². The van der Waals surface area contributed by atoms with Crippen LogP contribution in [0.15, 0.2) is 0 Å². The molecule has 0 saturated heterocycles. The molecule has 0 aromatic heterocycles. The Balaban J connectivity index is 3.80. The third-order valence-corrected chi connectivity index (χ3v) is 1.70. The molecule has 82 valence electrons. The van der Waals surface area contributed by atoms with Crippen LogP contribution in [0, 0.1) is 0 Å². The second kappa shape index (κ2) is 7.73. The van der Waals surface area contributed by atoms with Crippen LogP contribution >= 0.6 is 11.6 Å². The summed E-state index contributed by atoms with van der Waals surface area (Å²) in [6.45, 7) is 2.19. The summed E-state index contributed by atoms with van der Waals surface area (Å²) in [6, 6.07) is 0. The van der Waals surface area contributed by atoms with Crippen molar-refractivity contribution in [3.05, 3.63) is 0 Å². The van der Waals surface area contributed by atoms with Crippen LogP contribution in [0.25, 0.3) is 0 Å². The number of nitrogens with two attached hydrogens (primary N) is 1. The monoisotopic (exact) mass is 223 g/mol. The second-order valence-electron chi connectivity index (χ2n) is 2.42. The normalized spacial score (nSPS) is 12.2. The number of hydrogen-bond acceptors (Lipinski definition) is 5. The Labute approximate surface area is 87.5 Å². The van der Waals surface area contributed by atoms with Crippen LogP contribution in [0.4, 0.5) is 0 Å². The summed E-state index contributed by atoms with van der Waals surface area (Å²) in [5.41, 5.74) is 5.14. The maximum Gasteiger partial charge on any atom is 0.331 e. The number of hydrogen-bond donors (Lipinski definition) is 1. The SMILES string of the molecule is CCOC(=O)C(Cl)C(=O)COCCN. The molecule has 0 aromatic rings. The van der Waals surface area contributed by atoms with E-state index in [1.807, 2.05) is 0 Å². The molecule has 0 rings (SSSR count). The predicted molar refractivity (Wildman–Crippen MR) is 51.2 cm³/mol. The lowest BCUT2D eigenvalue weighted by atomic mass is 10.3. The Morgan fingerprint density at radius 1 is 1.50 bits per heavy atom. The fourth-order valence-corrected chi connectivity index (χ4v) is 0.802. The summed E-state index contributed by atoms with van der Waals surface area (Å²) >= 11 is 5.50. The first kappa shape index (κ1) is 13.4. The number of alkyl halides is 1. The molecule has 2 N–H and O–H groups in total. The standard InChI is InChI=1S/C8H14ClNO4/c1-2-14-8(12)7(9)6(11)5-13-4-3-10/h7H,2-5,10H2,1H3. The number of carbonyl (C=O) groups is 2. The lowest BCUT2D eigenvalue weighted by molar-refractivity contribution is -0.145. The highest BCUT2D eigenvalue weighted by Gasteiger charge is 2.24. The highest BCUT2D eigenvalue weighted by molar-refractivity contribution is 6.41. The number of halogens is 1. The van der Waals surface area contributed by atoms with Gasteiger partial charge in [0, 0.05) is 6.54 Å². The van der Waals surface area contributed by atoms with Crippen LogP contribution in [0.3, 0.4) is 0 Å². The zero-order chi connectivity index (χ0) is 11.0. The van der Waals surface area contributed by atoms with Crippen molar-refractivity contribution >= 4 is 23.4 Å². The summed E-state index contributed by atoms with van der Waals surface area (Å²) in [6.07, 6.45) is 0. The van der Waals surface area contributed by atoms with E-state index in [-0.39, 0.29) is 19.8 Å². The van der Waals surface area contributed by atoms with Gasteiger partial charge in [0.2, 0.25) is 0 Å². The zero-order valence-electron chi connectivity index (χ0n) is 7.99. The molecule has 0 aliphatic carbocycles.